The van der Waals surface area contributed by atoms with E-state index in [2.05, 4.69) is 5.32 Å². The van der Waals surface area contributed by atoms with E-state index in [0.717, 1.165) is 13.0 Å². The second-order valence-electron chi connectivity index (χ2n) is 2.82. The zero-order valence-corrected chi connectivity index (χ0v) is 5.19. The van der Waals surface area contributed by atoms with Gasteiger partial charge < -0.3 is 10.1 Å². The summed E-state index contributed by atoms with van der Waals surface area (Å²) in [6.07, 6.45) is 0.167. The Kier molecular flexibility index (Phi) is 1.04. The molecule has 52 valence electrons. The predicted molar refractivity (Wildman–Crippen MR) is 31.1 cm³/mol. The third-order valence-electron chi connectivity index (χ3n) is 2.27. The summed E-state index contributed by atoms with van der Waals surface area (Å²) in [6.45, 7) is 1.80. The van der Waals surface area contributed by atoms with Gasteiger partial charge in [0.05, 0.1) is 18.8 Å². The number of halogens is 1. The van der Waals surface area contributed by atoms with Crippen LogP contribution in [0.3, 0.4) is 0 Å². The topological polar surface area (TPSA) is 21.3 Å². The highest BCUT2D eigenvalue weighted by atomic mass is 19.1. The highest BCUT2D eigenvalue weighted by molar-refractivity contribution is 5.05. The maximum atomic E-state index is 12.8. The van der Waals surface area contributed by atoms with Gasteiger partial charge >= 0.3 is 0 Å². The van der Waals surface area contributed by atoms with Crippen molar-refractivity contribution in [3.05, 3.63) is 0 Å². The Balaban J connectivity index is 2.09. The molecule has 0 radical (unpaired) electrons. The molecule has 0 aromatic heterocycles. The lowest BCUT2D eigenvalue weighted by Gasteiger charge is -2.39. The van der Waals surface area contributed by atoms with Gasteiger partial charge in [-0.15, -0.1) is 0 Å². The van der Waals surface area contributed by atoms with Crippen molar-refractivity contribution < 1.29 is 9.13 Å². The van der Waals surface area contributed by atoms with Crippen molar-refractivity contribution in [2.24, 2.45) is 0 Å². The molecule has 0 aromatic carbocycles. The van der Waals surface area contributed by atoms with E-state index in [4.69, 9.17) is 4.74 Å². The van der Waals surface area contributed by atoms with Crippen LogP contribution in [0.5, 0.6) is 0 Å². The van der Waals surface area contributed by atoms with Crippen LogP contribution in [-0.2, 0) is 4.74 Å². The highest BCUT2D eigenvalue weighted by Gasteiger charge is 2.48. The van der Waals surface area contributed by atoms with Gasteiger partial charge in [0.25, 0.3) is 0 Å². The van der Waals surface area contributed by atoms with E-state index in [1.807, 2.05) is 0 Å². The van der Waals surface area contributed by atoms with Gasteiger partial charge in [-0.3, -0.25) is 0 Å². The summed E-state index contributed by atoms with van der Waals surface area (Å²) in [5, 5.41) is 3.07. The SMILES string of the molecule is FC1COCC12CCN2. The Morgan fingerprint density at radius 3 is 2.67 bits per heavy atom. The van der Waals surface area contributed by atoms with Gasteiger partial charge in [-0.05, 0) is 13.0 Å². The second kappa shape index (κ2) is 1.67. The highest BCUT2D eigenvalue weighted by Crippen LogP contribution is 2.30. The molecular weight excluding hydrogens is 121 g/mol. The van der Waals surface area contributed by atoms with Crippen LogP contribution in [0, 0.1) is 0 Å². The van der Waals surface area contributed by atoms with Crippen LogP contribution in [0.2, 0.25) is 0 Å². The van der Waals surface area contributed by atoms with Crippen LogP contribution in [0.4, 0.5) is 4.39 Å². The summed E-state index contributed by atoms with van der Waals surface area (Å²) >= 11 is 0. The summed E-state index contributed by atoms with van der Waals surface area (Å²) in [4.78, 5) is 0. The minimum absolute atomic E-state index is 0.264. The van der Waals surface area contributed by atoms with E-state index in [-0.39, 0.29) is 12.1 Å². The average Bonchev–Trinajstić information content (AvgIpc) is 2.07. The van der Waals surface area contributed by atoms with Gasteiger partial charge in [-0.2, -0.15) is 0 Å². The van der Waals surface area contributed by atoms with E-state index >= 15 is 0 Å². The molecule has 2 nitrogen and oxygen atoms in total. The molecule has 0 amide bonds. The largest absolute Gasteiger partial charge is 0.376 e. The van der Waals surface area contributed by atoms with Crippen molar-refractivity contribution in [2.45, 2.75) is 18.1 Å². The van der Waals surface area contributed by atoms with Crippen molar-refractivity contribution >= 4 is 0 Å². The molecule has 9 heavy (non-hydrogen) atoms. The lowest BCUT2D eigenvalue weighted by Crippen LogP contribution is -2.62. The molecular formula is C6H10FNO. The summed E-state index contributed by atoms with van der Waals surface area (Å²) in [7, 11) is 0. The Bertz CT molecular complexity index is 124. The fourth-order valence-electron chi connectivity index (χ4n) is 1.43. The summed E-state index contributed by atoms with van der Waals surface area (Å²) in [5.74, 6) is 0. The summed E-state index contributed by atoms with van der Waals surface area (Å²) < 4.78 is 17.8. The number of ether oxygens (including phenoxy) is 1. The van der Waals surface area contributed by atoms with Crippen LogP contribution >= 0.6 is 0 Å². The van der Waals surface area contributed by atoms with Crippen molar-refractivity contribution in [2.75, 3.05) is 19.8 Å². The van der Waals surface area contributed by atoms with Gasteiger partial charge in [0.1, 0.15) is 6.17 Å². The van der Waals surface area contributed by atoms with Crippen LogP contribution in [0.15, 0.2) is 0 Å². The first-order chi connectivity index (χ1) is 4.33. The van der Waals surface area contributed by atoms with E-state index in [9.17, 15) is 4.39 Å². The molecule has 3 heteroatoms. The third-order valence-corrected chi connectivity index (χ3v) is 2.27. The number of hydrogen-bond donors (Lipinski definition) is 1. The molecule has 0 saturated carbocycles. The lowest BCUT2D eigenvalue weighted by atomic mass is 9.86. The fourth-order valence-corrected chi connectivity index (χ4v) is 1.43. The first-order valence-electron chi connectivity index (χ1n) is 3.30. The Morgan fingerprint density at radius 2 is 2.44 bits per heavy atom. The summed E-state index contributed by atoms with van der Waals surface area (Å²) in [5.41, 5.74) is -0.264. The van der Waals surface area contributed by atoms with Gasteiger partial charge in [0, 0.05) is 0 Å². The molecule has 0 aliphatic carbocycles. The van der Waals surface area contributed by atoms with E-state index in [0.29, 0.717) is 6.61 Å². The second-order valence-corrected chi connectivity index (χ2v) is 2.82. The smallest absolute Gasteiger partial charge is 0.144 e. The van der Waals surface area contributed by atoms with Gasteiger partial charge in [0.2, 0.25) is 0 Å². The Hall–Kier alpha value is -0.150. The summed E-state index contributed by atoms with van der Waals surface area (Å²) in [6, 6.07) is 0. The minimum atomic E-state index is -0.772. The lowest BCUT2D eigenvalue weighted by molar-refractivity contribution is 0.115. The molecule has 0 bridgehead atoms. The molecule has 1 N–H and O–H groups in total. The third kappa shape index (κ3) is 0.618. The number of rotatable bonds is 0. The predicted octanol–water partition coefficient (Wildman–Crippen LogP) is 0.0868. The van der Waals surface area contributed by atoms with E-state index in [1.165, 1.54) is 0 Å². The van der Waals surface area contributed by atoms with Crippen LogP contribution < -0.4 is 5.32 Å². The van der Waals surface area contributed by atoms with Gasteiger partial charge in [-0.25, -0.2) is 4.39 Å². The molecule has 2 aliphatic rings. The van der Waals surface area contributed by atoms with Crippen molar-refractivity contribution in [1.82, 2.24) is 5.32 Å². The van der Waals surface area contributed by atoms with Crippen molar-refractivity contribution in [3.8, 4) is 0 Å². The quantitative estimate of drug-likeness (QED) is 0.503. The molecule has 2 atom stereocenters. The monoisotopic (exact) mass is 131 g/mol. The van der Waals surface area contributed by atoms with Crippen LogP contribution in [0.25, 0.3) is 0 Å². The van der Waals surface area contributed by atoms with Gasteiger partial charge in [0.15, 0.2) is 0 Å². The number of hydrogen-bond acceptors (Lipinski definition) is 2. The molecule has 2 aliphatic heterocycles. The Morgan fingerprint density at radius 1 is 1.67 bits per heavy atom. The first-order valence-corrected chi connectivity index (χ1v) is 3.30. The average molecular weight is 131 g/mol. The van der Waals surface area contributed by atoms with E-state index in [1.54, 1.807) is 0 Å². The maximum absolute atomic E-state index is 12.8. The standard InChI is InChI=1S/C6H10FNO/c7-5-3-9-4-6(5)1-2-8-6/h5,8H,1-4H2. The Labute approximate surface area is 53.4 Å². The van der Waals surface area contributed by atoms with Crippen LogP contribution in [-0.4, -0.2) is 31.5 Å². The fraction of sp³-hybridized carbons (Fsp3) is 1.00. The van der Waals surface area contributed by atoms with Gasteiger partial charge in [-0.1, -0.05) is 0 Å². The molecule has 1 spiro atoms. The molecule has 2 unspecified atom stereocenters. The molecule has 2 rings (SSSR count). The number of nitrogens with one attached hydrogen (secondary N) is 1. The van der Waals surface area contributed by atoms with Crippen molar-refractivity contribution in [1.29, 1.82) is 0 Å². The van der Waals surface area contributed by atoms with Crippen LogP contribution in [0.1, 0.15) is 6.42 Å². The normalized spacial score (nSPS) is 49.7. The van der Waals surface area contributed by atoms with E-state index < -0.39 is 6.17 Å². The molecule has 2 heterocycles. The first kappa shape index (κ1) is 5.62. The zero-order valence-electron chi connectivity index (χ0n) is 5.19. The number of alkyl halides is 1. The molecule has 0 aromatic rings. The van der Waals surface area contributed by atoms with Crippen molar-refractivity contribution in [3.63, 3.8) is 0 Å². The maximum Gasteiger partial charge on any atom is 0.144 e. The zero-order chi connectivity index (χ0) is 6.32. The molecule has 2 fully saturated rings. The molecule has 2 saturated heterocycles. The minimum Gasteiger partial charge on any atom is -0.376 e.